The van der Waals surface area contributed by atoms with Crippen molar-refractivity contribution in [2.24, 2.45) is 0 Å². The van der Waals surface area contributed by atoms with Crippen LogP contribution in [0.2, 0.25) is 0 Å². The van der Waals surface area contributed by atoms with Crippen molar-refractivity contribution in [2.75, 3.05) is 49.7 Å². The molecule has 254 valence electrons. The van der Waals surface area contributed by atoms with Gasteiger partial charge in [0.05, 0.1) is 6.61 Å². The summed E-state index contributed by atoms with van der Waals surface area (Å²) in [5.74, 6) is 1.86. The number of nitrogens with one attached hydrogen (secondary N) is 3. The quantitative estimate of drug-likeness (QED) is 0.112. The predicted octanol–water partition coefficient (Wildman–Crippen LogP) is 8.84. The number of hydrogen-bond donors (Lipinski definition) is 3. The van der Waals surface area contributed by atoms with E-state index in [9.17, 15) is 4.79 Å². The molecule has 0 spiro atoms. The summed E-state index contributed by atoms with van der Waals surface area (Å²) in [5.41, 5.74) is 2.51. The number of nitrogens with zero attached hydrogens (tertiary/aromatic N) is 5. The molecule has 2 amide bonds. The highest BCUT2D eigenvalue weighted by Crippen LogP contribution is 2.28. The van der Waals surface area contributed by atoms with Gasteiger partial charge in [0.15, 0.2) is 16.5 Å². The van der Waals surface area contributed by atoms with Crippen molar-refractivity contribution < 1.29 is 13.9 Å². The standard InChI is InChI=1S/C28H30N8O3S.C3H8.2C2H6/c1-36(2)15-6-16-38-21-11-9-19(10-12-21)25-34-23-24(31-18-32-26(23)39-25)29-14-13-22-17-30-28(40-22)35-27(37)33-20-7-4-3-5-8-20;1-3-2;2*1-2/h3-5,7-12,17-18H,6,13-16H2,1-2H3,(H,29,31,32)(H2,30,33,35,37);3H2,1-2H3;2*1-2H3. The molecule has 0 bridgehead atoms. The number of hydrogen-bond acceptors (Lipinski definition) is 10. The van der Waals surface area contributed by atoms with Crippen LogP contribution >= 0.6 is 11.3 Å². The number of amides is 2. The maximum atomic E-state index is 12.2. The fourth-order valence-corrected chi connectivity index (χ4v) is 4.64. The molecule has 0 saturated heterocycles. The Morgan fingerprint density at radius 1 is 0.936 bits per heavy atom. The second kappa shape index (κ2) is 22.1. The number of urea groups is 1. The van der Waals surface area contributed by atoms with Crippen molar-refractivity contribution in [2.45, 2.75) is 60.8 Å². The van der Waals surface area contributed by atoms with Crippen LogP contribution in [-0.2, 0) is 6.42 Å². The molecule has 2 aromatic carbocycles. The molecule has 0 aliphatic heterocycles. The molecule has 3 aromatic heterocycles. The molecule has 0 saturated carbocycles. The molecule has 3 N–H and O–H groups in total. The van der Waals surface area contributed by atoms with Gasteiger partial charge in [-0.2, -0.15) is 4.98 Å². The number of carbonyl (C=O) groups excluding carboxylic acids is 1. The molecule has 0 unspecified atom stereocenters. The smallest absolute Gasteiger partial charge is 0.325 e. The summed E-state index contributed by atoms with van der Waals surface area (Å²) in [7, 11) is 4.10. The van der Waals surface area contributed by atoms with Crippen LogP contribution < -0.4 is 20.7 Å². The minimum absolute atomic E-state index is 0.336. The summed E-state index contributed by atoms with van der Waals surface area (Å²) in [6.07, 6.45) is 6.10. The Balaban J connectivity index is 0.00000102. The van der Waals surface area contributed by atoms with E-state index >= 15 is 0 Å². The average Bonchev–Trinajstić information content (AvgIpc) is 3.73. The Bertz CT molecular complexity index is 1560. The summed E-state index contributed by atoms with van der Waals surface area (Å²) in [6, 6.07) is 16.6. The number of fused-ring (bicyclic) bond motifs is 1. The first-order chi connectivity index (χ1) is 22.9. The molecule has 5 aromatic rings. The van der Waals surface area contributed by atoms with Crippen molar-refractivity contribution in [1.29, 1.82) is 0 Å². The molecule has 0 atom stereocenters. The molecule has 5 rings (SSSR count). The van der Waals surface area contributed by atoms with Crippen molar-refractivity contribution in [3.05, 3.63) is 72.0 Å². The maximum Gasteiger partial charge on any atom is 0.325 e. The minimum atomic E-state index is -0.336. The molecule has 0 fully saturated rings. The lowest BCUT2D eigenvalue weighted by atomic mass is 10.2. The molecular formula is C35H50N8O3S. The number of para-hydroxylation sites is 1. The summed E-state index contributed by atoms with van der Waals surface area (Å²) in [6.45, 7) is 14.5. The van der Waals surface area contributed by atoms with Gasteiger partial charge in [0, 0.05) is 41.8 Å². The third-order valence-electron chi connectivity index (χ3n) is 5.78. The second-order valence-electron chi connectivity index (χ2n) is 9.89. The first-order valence-corrected chi connectivity index (χ1v) is 17.1. The van der Waals surface area contributed by atoms with E-state index in [2.05, 4.69) is 54.6 Å². The van der Waals surface area contributed by atoms with E-state index in [4.69, 9.17) is 9.15 Å². The average molecular weight is 663 g/mol. The van der Waals surface area contributed by atoms with Gasteiger partial charge in [-0.15, -0.1) is 11.3 Å². The number of ether oxygens (including phenoxy) is 1. The molecule has 12 heteroatoms. The molecule has 0 radical (unpaired) electrons. The fourth-order valence-electron chi connectivity index (χ4n) is 3.84. The van der Waals surface area contributed by atoms with Crippen LogP contribution in [0.3, 0.4) is 0 Å². The predicted molar refractivity (Wildman–Crippen MR) is 196 cm³/mol. The number of carbonyl (C=O) groups is 1. The van der Waals surface area contributed by atoms with Crippen LogP contribution in [0, 0.1) is 0 Å². The number of rotatable bonds is 12. The SMILES string of the molecule is CC.CC.CCC.CN(C)CCCOc1ccc(-c2nc3c(NCCc4cnc(NC(=O)Nc5ccccc5)s4)ncnc3o2)cc1. The highest BCUT2D eigenvalue weighted by molar-refractivity contribution is 7.15. The number of anilines is 3. The molecule has 11 nitrogen and oxygen atoms in total. The molecular weight excluding hydrogens is 613 g/mol. The van der Waals surface area contributed by atoms with Gasteiger partial charge in [0.1, 0.15) is 12.1 Å². The lowest BCUT2D eigenvalue weighted by Crippen LogP contribution is -2.19. The zero-order valence-corrected chi connectivity index (χ0v) is 29.8. The zero-order chi connectivity index (χ0) is 34.4. The number of benzene rings is 2. The van der Waals surface area contributed by atoms with Crippen molar-refractivity contribution in [3.63, 3.8) is 0 Å². The van der Waals surface area contributed by atoms with Crippen LogP contribution in [0.1, 0.15) is 59.3 Å². The third kappa shape index (κ3) is 13.4. The van der Waals surface area contributed by atoms with Gasteiger partial charge in [-0.05, 0) is 56.9 Å². The molecule has 3 heterocycles. The van der Waals surface area contributed by atoms with Gasteiger partial charge < -0.3 is 24.7 Å². The van der Waals surface area contributed by atoms with E-state index in [-0.39, 0.29) is 6.03 Å². The maximum absolute atomic E-state index is 12.2. The Labute approximate surface area is 283 Å². The van der Waals surface area contributed by atoms with Crippen molar-refractivity contribution in [1.82, 2.24) is 24.8 Å². The van der Waals surface area contributed by atoms with Crippen LogP contribution in [0.5, 0.6) is 5.75 Å². The van der Waals surface area contributed by atoms with E-state index in [1.807, 2.05) is 96.4 Å². The van der Waals surface area contributed by atoms with E-state index < -0.39 is 0 Å². The lowest BCUT2D eigenvalue weighted by molar-refractivity contribution is 0.262. The van der Waals surface area contributed by atoms with E-state index in [1.54, 1.807) is 6.20 Å². The van der Waals surface area contributed by atoms with Gasteiger partial charge in [0.2, 0.25) is 5.89 Å². The Kier molecular flexibility index (Phi) is 18.1. The zero-order valence-electron chi connectivity index (χ0n) is 29.0. The van der Waals surface area contributed by atoms with Gasteiger partial charge in [-0.25, -0.2) is 19.7 Å². The van der Waals surface area contributed by atoms with E-state index in [0.717, 1.165) is 29.2 Å². The van der Waals surface area contributed by atoms with Crippen LogP contribution in [0.25, 0.3) is 22.7 Å². The van der Waals surface area contributed by atoms with E-state index in [0.29, 0.717) is 53.3 Å². The van der Waals surface area contributed by atoms with Crippen LogP contribution in [0.4, 0.5) is 21.4 Å². The largest absolute Gasteiger partial charge is 0.494 e. The van der Waals surface area contributed by atoms with Gasteiger partial charge in [0.25, 0.3) is 5.71 Å². The molecule has 0 aliphatic carbocycles. The van der Waals surface area contributed by atoms with Crippen LogP contribution in [0.15, 0.2) is 71.5 Å². The van der Waals surface area contributed by atoms with Crippen molar-refractivity contribution >= 4 is 45.2 Å². The summed E-state index contributed by atoms with van der Waals surface area (Å²) < 4.78 is 11.7. The third-order valence-corrected chi connectivity index (χ3v) is 6.76. The lowest BCUT2D eigenvalue weighted by Gasteiger charge is -2.10. The highest BCUT2D eigenvalue weighted by atomic mass is 32.1. The number of thiazole rings is 1. The summed E-state index contributed by atoms with van der Waals surface area (Å²) >= 11 is 1.42. The topological polar surface area (TPSA) is 130 Å². The van der Waals surface area contributed by atoms with Gasteiger partial charge >= 0.3 is 6.03 Å². The normalized spacial score (nSPS) is 10.1. The van der Waals surface area contributed by atoms with Crippen LogP contribution in [-0.4, -0.2) is 64.7 Å². The van der Waals surface area contributed by atoms with Crippen molar-refractivity contribution in [3.8, 4) is 17.2 Å². The Morgan fingerprint density at radius 3 is 2.32 bits per heavy atom. The molecule has 47 heavy (non-hydrogen) atoms. The summed E-state index contributed by atoms with van der Waals surface area (Å²) in [4.78, 5) is 32.9. The minimum Gasteiger partial charge on any atom is -0.494 e. The first-order valence-electron chi connectivity index (χ1n) is 16.3. The van der Waals surface area contributed by atoms with E-state index in [1.165, 1.54) is 24.1 Å². The summed E-state index contributed by atoms with van der Waals surface area (Å²) in [5, 5.41) is 9.38. The number of aromatic nitrogens is 4. The monoisotopic (exact) mass is 662 g/mol. The Morgan fingerprint density at radius 2 is 1.64 bits per heavy atom. The highest BCUT2D eigenvalue weighted by Gasteiger charge is 2.14. The second-order valence-corrected chi connectivity index (χ2v) is 11.0. The number of oxazole rings is 1. The first kappa shape index (κ1) is 38.6. The van der Waals surface area contributed by atoms with Gasteiger partial charge in [-0.3, -0.25) is 5.32 Å². The molecule has 0 aliphatic rings. The Hall–Kier alpha value is -4.55. The fraction of sp³-hybridized carbons (Fsp3) is 0.400. The van der Waals surface area contributed by atoms with Gasteiger partial charge in [-0.1, -0.05) is 66.2 Å².